The normalized spacial score (nSPS) is 13.3. The Hall–Kier alpha value is -4.25. The maximum absolute atomic E-state index is 13.6. The van der Waals surface area contributed by atoms with Gasteiger partial charge in [-0.1, -0.05) is 12.1 Å². The maximum Gasteiger partial charge on any atom is 0.255 e. The minimum absolute atomic E-state index is 0.121. The molecule has 1 saturated carbocycles. The van der Waals surface area contributed by atoms with Crippen LogP contribution in [0.4, 0.5) is 14.5 Å². The summed E-state index contributed by atoms with van der Waals surface area (Å²) in [5.41, 5.74) is 2.10. The molecule has 0 spiro atoms. The molecule has 0 aliphatic heterocycles. The van der Waals surface area contributed by atoms with E-state index in [9.17, 15) is 26.8 Å². The van der Waals surface area contributed by atoms with E-state index >= 15 is 0 Å². The predicted molar refractivity (Wildman–Crippen MR) is 154 cm³/mol. The Morgan fingerprint density at radius 3 is 2.39 bits per heavy atom. The highest BCUT2D eigenvalue weighted by atomic mass is 32.2. The topological polar surface area (TPSA) is 109 Å². The van der Waals surface area contributed by atoms with Gasteiger partial charge in [-0.3, -0.25) is 13.9 Å². The number of furan rings is 1. The summed E-state index contributed by atoms with van der Waals surface area (Å²) in [4.78, 5) is 26.0. The molecule has 2 N–H and O–H groups in total. The molecule has 1 aliphatic rings. The fourth-order valence-corrected chi connectivity index (χ4v) is 5.66. The zero-order valence-corrected chi connectivity index (χ0v) is 23.4. The van der Waals surface area contributed by atoms with Crippen LogP contribution in [0.5, 0.6) is 0 Å². The number of hydrogen-bond donors (Lipinski definition) is 2. The van der Waals surface area contributed by atoms with E-state index in [1.165, 1.54) is 37.4 Å². The van der Waals surface area contributed by atoms with Crippen LogP contribution in [0.3, 0.4) is 0 Å². The number of anilines is 1. The van der Waals surface area contributed by atoms with E-state index in [2.05, 4.69) is 10.6 Å². The third-order valence-electron chi connectivity index (χ3n) is 7.01. The molecule has 8 nitrogen and oxygen atoms in total. The molecule has 1 heterocycles. The fourth-order valence-electron chi connectivity index (χ4n) is 4.76. The molecular weight excluding hydrogens is 552 g/mol. The van der Waals surface area contributed by atoms with Crippen LogP contribution in [0.25, 0.3) is 33.4 Å². The van der Waals surface area contributed by atoms with Gasteiger partial charge in [-0.15, -0.1) is 0 Å². The van der Waals surface area contributed by atoms with Gasteiger partial charge in [0.25, 0.3) is 11.8 Å². The molecule has 41 heavy (non-hydrogen) atoms. The number of nitrogens with zero attached hydrogens (tertiary/aromatic N) is 1. The molecule has 11 heteroatoms. The Balaban J connectivity index is 1.74. The van der Waals surface area contributed by atoms with Crippen LogP contribution in [-0.4, -0.2) is 53.3 Å². The summed E-state index contributed by atoms with van der Waals surface area (Å²) in [5.74, 6) is -0.560. The third kappa shape index (κ3) is 5.95. The molecule has 214 valence electrons. The summed E-state index contributed by atoms with van der Waals surface area (Å²) < 4.78 is 59.9. The lowest BCUT2D eigenvalue weighted by Gasteiger charge is -2.24. The van der Waals surface area contributed by atoms with Crippen molar-refractivity contribution in [3.63, 3.8) is 0 Å². The molecule has 0 radical (unpaired) electrons. The zero-order valence-electron chi connectivity index (χ0n) is 22.5. The quantitative estimate of drug-likeness (QED) is 0.270. The molecular formula is C30H29F2N3O5S. The lowest BCUT2D eigenvalue weighted by atomic mass is 9.97. The average molecular weight is 582 g/mol. The van der Waals surface area contributed by atoms with Crippen LogP contribution in [0, 0.1) is 11.7 Å². The maximum atomic E-state index is 13.6. The average Bonchev–Trinajstić information content (AvgIpc) is 3.72. The molecule has 2 amide bonds. The van der Waals surface area contributed by atoms with E-state index in [0.29, 0.717) is 40.1 Å². The highest BCUT2D eigenvalue weighted by Crippen LogP contribution is 2.42. The number of sulfonamides is 1. The van der Waals surface area contributed by atoms with Gasteiger partial charge in [0.05, 0.1) is 24.1 Å². The van der Waals surface area contributed by atoms with Crippen LogP contribution in [-0.2, 0) is 10.0 Å². The van der Waals surface area contributed by atoms with Gasteiger partial charge < -0.3 is 15.1 Å². The molecule has 0 atom stereocenters. The molecule has 0 saturated heterocycles. The number of hydrogen-bond acceptors (Lipinski definition) is 5. The summed E-state index contributed by atoms with van der Waals surface area (Å²) in [7, 11) is -2.49. The van der Waals surface area contributed by atoms with Gasteiger partial charge in [0, 0.05) is 41.7 Å². The molecule has 3 aromatic carbocycles. The second-order valence-corrected chi connectivity index (χ2v) is 11.9. The number of nitrogens with one attached hydrogen (secondary N) is 2. The third-order valence-corrected chi connectivity index (χ3v) is 8.19. The predicted octanol–water partition coefficient (Wildman–Crippen LogP) is 5.14. The number of amides is 2. The highest BCUT2D eigenvalue weighted by molar-refractivity contribution is 7.92. The number of benzene rings is 3. The number of fused-ring (bicyclic) bond motifs is 1. The second kappa shape index (κ2) is 11.3. The minimum Gasteiger partial charge on any atom is -0.455 e. The standard InChI is InChI=1S/C30H29F2N3O5S/c1-33-30(37)27-24-15-23(20-4-3-5-21(14-20)29(36)34-17-18-6-7-18)25(35(13-12-31)41(2,38)39)16-26(24)40-28(27)19-8-10-22(32)11-9-19/h3-5,8-11,14-16,18H,6-7,12-13,17H2,1-2H3,(H,33,37)(H,34,36). The summed E-state index contributed by atoms with van der Waals surface area (Å²) in [6.07, 6.45) is 3.14. The first-order chi connectivity index (χ1) is 19.6. The van der Waals surface area contributed by atoms with Gasteiger partial charge >= 0.3 is 0 Å². The first-order valence-corrected chi connectivity index (χ1v) is 15.0. The number of carbonyl (C=O) groups excluding carboxylic acids is 2. The van der Waals surface area contributed by atoms with Crippen LogP contribution >= 0.6 is 0 Å². The highest BCUT2D eigenvalue weighted by Gasteiger charge is 2.28. The van der Waals surface area contributed by atoms with Gasteiger partial charge in [0.15, 0.2) is 0 Å². The summed E-state index contributed by atoms with van der Waals surface area (Å²) in [6, 6.07) is 15.1. The van der Waals surface area contributed by atoms with Crippen molar-refractivity contribution in [2.45, 2.75) is 12.8 Å². The Morgan fingerprint density at radius 2 is 1.76 bits per heavy atom. The van der Waals surface area contributed by atoms with Crippen molar-refractivity contribution in [1.82, 2.24) is 10.6 Å². The van der Waals surface area contributed by atoms with Gasteiger partial charge in [-0.2, -0.15) is 0 Å². The van der Waals surface area contributed by atoms with Crippen LogP contribution < -0.4 is 14.9 Å². The van der Waals surface area contributed by atoms with Gasteiger partial charge in [0.1, 0.15) is 23.8 Å². The van der Waals surface area contributed by atoms with E-state index in [4.69, 9.17) is 4.42 Å². The number of halogens is 2. The Morgan fingerprint density at radius 1 is 1.02 bits per heavy atom. The van der Waals surface area contributed by atoms with Crippen molar-refractivity contribution in [3.8, 4) is 22.5 Å². The molecule has 1 aliphatic carbocycles. The zero-order chi connectivity index (χ0) is 29.3. The second-order valence-electron chi connectivity index (χ2n) is 10.0. The van der Waals surface area contributed by atoms with E-state index in [0.717, 1.165) is 23.4 Å². The number of rotatable bonds is 10. The molecule has 1 fully saturated rings. The van der Waals surface area contributed by atoms with Crippen molar-refractivity contribution in [1.29, 1.82) is 0 Å². The Labute approximate surface area is 236 Å². The smallest absolute Gasteiger partial charge is 0.255 e. The number of carbonyl (C=O) groups is 2. The van der Waals surface area contributed by atoms with E-state index in [1.54, 1.807) is 30.3 Å². The first-order valence-electron chi connectivity index (χ1n) is 13.1. The molecule has 5 rings (SSSR count). The molecule has 0 unspecified atom stereocenters. The van der Waals surface area contributed by atoms with Gasteiger partial charge in [-0.25, -0.2) is 17.2 Å². The van der Waals surface area contributed by atoms with E-state index in [-0.39, 0.29) is 28.5 Å². The lowest BCUT2D eigenvalue weighted by molar-refractivity contribution is 0.0948. The van der Waals surface area contributed by atoms with Crippen molar-refractivity contribution in [2.75, 3.05) is 37.4 Å². The lowest BCUT2D eigenvalue weighted by Crippen LogP contribution is -2.32. The van der Waals surface area contributed by atoms with Gasteiger partial charge in [0.2, 0.25) is 10.0 Å². The van der Waals surface area contributed by atoms with Crippen molar-refractivity contribution >= 4 is 38.5 Å². The van der Waals surface area contributed by atoms with Crippen molar-refractivity contribution in [3.05, 3.63) is 77.6 Å². The largest absolute Gasteiger partial charge is 0.455 e. The summed E-state index contributed by atoms with van der Waals surface area (Å²) >= 11 is 0. The minimum atomic E-state index is -3.95. The SMILES string of the molecule is CNC(=O)c1c(-c2ccc(F)cc2)oc2cc(N(CCF)S(C)(=O)=O)c(-c3cccc(C(=O)NCC4CC4)c3)cc12. The number of alkyl halides is 1. The monoisotopic (exact) mass is 581 g/mol. The van der Waals surface area contributed by atoms with Crippen LogP contribution in [0.15, 0.2) is 65.1 Å². The Kier molecular flexibility index (Phi) is 7.81. The van der Waals surface area contributed by atoms with Gasteiger partial charge in [-0.05, 0) is 66.8 Å². The van der Waals surface area contributed by atoms with Crippen LogP contribution in [0.1, 0.15) is 33.6 Å². The van der Waals surface area contributed by atoms with Crippen molar-refractivity contribution in [2.24, 2.45) is 5.92 Å². The Bertz CT molecular complexity index is 1730. The molecule has 1 aromatic heterocycles. The molecule has 4 aromatic rings. The summed E-state index contributed by atoms with van der Waals surface area (Å²) in [5, 5.41) is 5.87. The van der Waals surface area contributed by atoms with Crippen LogP contribution in [0.2, 0.25) is 0 Å². The van der Waals surface area contributed by atoms with E-state index < -0.39 is 35.0 Å². The van der Waals surface area contributed by atoms with E-state index in [1.807, 2.05) is 0 Å². The fraction of sp³-hybridized carbons (Fsp3) is 0.267. The first kappa shape index (κ1) is 28.3. The molecule has 0 bridgehead atoms. The summed E-state index contributed by atoms with van der Waals surface area (Å²) in [6.45, 7) is -0.821. The van der Waals surface area contributed by atoms with Crippen molar-refractivity contribution < 1.29 is 31.2 Å².